The van der Waals surface area contributed by atoms with Crippen molar-refractivity contribution < 1.29 is 0 Å². The van der Waals surface area contributed by atoms with Gasteiger partial charge < -0.3 is 9.47 Å². The smallest absolute Gasteiger partial charge is 0.215 e. The molecule has 2 aromatic carbocycles. The van der Waals surface area contributed by atoms with Crippen molar-refractivity contribution in [1.29, 1.82) is 0 Å². The molecular weight excluding hydrogens is 400 g/mol. The molecule has 27 heavy (non-hydrogen) atoms. The van der Waals surface area contributed by atoms with Gasteiger partial charge in [0.1, 0.15) is 0 Å². The SMILES string of the molecule is Brc1ccc(-c2cn3c4ccccc4nc3n2CCCN2CCCC2)cc1. The standard InChI is InChI=1S/C22H23BrN4/c23-18-10-8-17(9-11-18)21-16-27-20-7-2-1-6-19(20)24-22(27)26(21)15-5-14-25-12-3-4-13-25/h1-2,6-11,16H,3-5,12-15H2. The van der Waals surface area contributed by atoms with E-state index in [-0.39, 0.29) is 0 Å². The fourth-order valence-electron chi connectivity index (χ4n) is 4.18. The summed E-state index contributed by atoms with van der Waals surface area (Å²) in [6.45, 7) is 4.67. The number of aromatic nitrogens is 3. The molecule has 5 rings (SSSR count). The van der Waals surface area contributed by atoms with Crippen LogP contribution in [0.3, 0.4) is 0 Å². The summed E-state index contributed by atoms with van der Waals surface area (Å²) in [5, 5.41) is 0. The monoisotopic (exact) mass is 422 g/mol. The van der Waals surface area contributed by atoms with Crippen LogP contribution in [0.4, 0.5) is 0 Å². The minimum atomic E-state index is 0.988. The largest absolute Gasteiger partial charge is 0.310 e. The van der Waals surface area contributed by atoms with Gasteiger partial charge in [0.25, 0.3) is 0 Å². The van der Waals surface area contributed by atoms with Crippen LogP contribution in [-0.2, 0) is 6.54 Å². The highest BCUT2D eigenvalue weighted by Gasteiger charge is 2.16. The molecule has 4 aromatic rings. The molecule has 1 fully saturated rings. The fourth-order valence-corrected chi connectivity index (χ4v) is 4.44. The second-order valence-electron chi connectivity index (χ2n) is 7.35. The maximum absolute atomic E-state index is 4.93. The van der Waals surface area contributed by atoms with E-state index >= 15 is 0 Å². The van der Waals surface area contributed by atoms with Gasteiger partial charge in [-0.25, -0.2) is 4.98 Å². The van der Waals surface area contributed by atoms with Crippen molar-refractivity contribution in [3.05, 3.63) is 59.2 Å². The summed E-state index contributed by atoms with van der Waals surface area (Å²) in [6.07, 6.45) is 6.09. The van der Waals surface area contributed by atoms with E-state index in [0.717, 1.165) is 28.7 Å². The Morgan fingerprint density at radius 2 is 1.70 bits per heavy atom. The maximum atomic E-state index is 4.93. The number of nitrogens with zero attached hydrogens (tertiary/aromatic N) is 4. The van der Waals surface area contributed by atoms with Crippen molar-refractivity contribution in [2.75, 3.05) is 19.6 Å². The van der Waals surface area contributed by atoms with Gasteiger partial charge in [0.15, 0.2) is 0 Å². The molecule has 0 bridgehead atoms. The molecular formula is C22H23BrN4. The summed E-state index contributed by atoms with van der Waals surface area (Å²) in [5.41, 5.74) is 4.69. The number of fused-ring (bicyclic) bond motifs is 3. The number of halogens is 1. The van der Waals surface area contributed by atoms with Crippen LogP contribution in [0.15, 0.2) is 59.2 Å². The van der Waals surface area contributed by atoms with E-state index in [1.165, 1.54) is 49.2 Å². The molecule has 1 aliphatic heterocycles. The van der Waals surface area contributed by atoms with Gasteiger partial charge in [-0.1, -0.05) is 40.2 Å². The van der Waals surface area contributed by atoms with Crippen LogP contribution in [0.25, 0.3) is 28.1 Å². The van der Waals surface area contributed by atoms with Crippen LogP contribution in [0, 0.1) is 0 Å². The molecule has 0 aliphatic carbocycles. The summed E-state index contributed by atoms with van der Waals surface area (Å²) in [7, 11) is 0. The molecule has 5 heteroatoms. The number of hydrogen-bond acceptors (Lipinski definition) is 2. The molecule has 2 aromatic heterocycles. The highest BCUT2D eigenvalue weighted by atomic mass is 79.9. The van der Waals surface area contributed by atoms with E-state index in [4.69, 9.17) is 4.98 Å². The van der Waals surface area contributed by atoms with Crippen molar-refractivity contribution >= 4 is 32.7 Å². The van der Waals surface area contributed by atoms with Gasteiger partial charge in [0.05, 0.1) is 16.7 Å². The van der Waals surface area contributed by atoms with Gasteiger partial charge in [0, 0.05) is 17.2 Å². The molecule has 0 saturated carbocycles. The first-order chi connectivity index (χ1) is 13.3. The molecule has 0 N–H and O–H groups in total. The Hall–Kier alpha value is -2.11. The van der Waals surface area contributed by atoms with E-state index in [1.807, 2.05) is 0 Å². The van der Waals surface area contributed by atoms with Gasteiger partial charge in [-0.3, -0.25) is 4.40 Å². The Kier molecular flexibility index (Phi) is 4.50. The number of para-hydroxylation sites is 2. The molecule has 4 nitrogen and oxygen atoms in total. The quantitative estimate of drug-likeness (QED) is 0.441. The second kappa shape index (κ2) is 7.13. The lowest BCUT2D eigenvalue weighted by Crippen LogP contribution is -2.21. The summed E-state index contributed by atoms with van der Waals surface area (Å²) >= 11 is 3.55. The molecule has 0 radical (unpaired) electrons. The van der Waals surface area contributed by atoms with E-state index in [0.29, 0.717) is 0 Å². The highest BCUT2D eigenvalue weighted by Crippen LogP contribution is 2.28. The Morgan fingerprint density at radius 3 is 2.52 bits per heavy atom. The Balaban J connectivity index is 1.55. The number of imidazole rings is 2. The lowest BCUT2D eigenvalue weighted by atomic mass is 10.1. The predicted octanol–water partition coefficient (Wildman–Crippen LogP) is 5.20. The van der Waals surface area contributed by atoms with Gasteiger partial charge in [0.2, 0.25) is 5.78 Å². The summed E-state index contributed by atoms with van der Waals surface area (Å²) in [6, 6.07) is 17.0. The van der Waals surface area contributed by atoms with Gasteiger partial charge >= 0.3 is 0 Å². The van der Waals surface area contributed by atoms with Crippen LogP contribution in [-0.4, -0.2) is 38.5 Å². The zero-order valence-corrected chi connectivity index (χ0v) is 16.9. The van der Waals surface area contributed by atoms with Crippen LogP contribution >= 0.6 is 15.9 Å². The molecule has 138 valence electrons. The van der Waals surface area contributed by atoms with Crippen molar-refractivity contribution in [2.45, 2.75) is 25.8 Å². The minimum Gasteiger partial charge on any atom is -0.310 e. The van der Waals surface area contributed by atoms with E-state index in [1.54, 1.807) is 0 Å². The van der Waals surface area contributed by atoms with Crippen LogP contribution in [0.1, 0.15) is 19.3 Å². The van der Waals surface area contributed by atoms with Crippen LogP contribution in [0.5, 0.6) is 0 Å². The number of hydrogen-bond donors (Lipinski definition) is 0. The first kappa shape index (κ1) is 17.0. The first-order valence-electron chi connectivity index (χ1n) is 9.74. The predicted molar refractivity (Wildman–Crippen MR) is 114 cm³/mol. The Morgan fingerprint density at radius 1 is 0.926 bits per heavy atom. The molecule has 0 amide bonds. The third kappa shape index (κ3) is 3.19. The van der Waals surface area contributed by atoms with Crippen LogP contribution < -0.4 is 0 Å². The van der Waals surface area contributed by atoms with Crippen LogP contribution in [0.2, 0.25) is 0 Å². The van der Waals surface area contributed by atoms with Gasteiger partial charge in [-0.05, 0) is 68.7 Å². The Labute approximate surface area is 167 Å². The maximum Gasteiger partial charge on any atom is 0.215 e. The summed E-state index contributed by atoms with van der Waals surface area (Å²) in [5.74, 6) is 1.04. The van der Waals surface area contributed by atoms with Gasteiger partial charge in [-0.2, -0.15) is 0 Å². The van der Waals surface area contributed by atoms with Crippen molar-refractivity contribution in [3.63, 3.8) is 0 Å². The molecule has 0 unspecified atom stereocenters. The lowest BCUT2D eigenvalue weighted by molar-refractivity contribution is 0.326. The molecule has 3 heterocycles. The topological polar surface area (TPSA) is 25.5 Å². The zero-order chi connectivity index (χ0) is 18.2. The zero-order valence-electron chi connectivity index (χ0n) is 15.3. The highest BCUT2D eigenvalue weighted by molar-refractivity contribution is 9.10. The number of rotatable bonds is 5. The summed E-state index contributed by atoms with van der Waals surface area (Å²) in [4.78, 5) is 7.52. The molecule has 1 aliphatic rings. The third-order valence-corrected chi connectivity index (χ3v) is 6.08. The average Bonchev–Trinajstić information content (AvgIpc) is 3.39. The lowest BCUT2D eigenvalue weighted by Gasteiger charge is -2.15. The number of likely N-dealkylation sites (tertiary alicyclic amines) is 1. The summed E-state index contributed by atoms with van der Waals surface area (Å²) < 4.78 is 5.73. The van der Waals surface area contributed by atoms with E-state index in [9.17, 15) is 0 Å². The number of aryl methyl sites for hydroxylation is 1. The van der Waals surface area contributed by atoms with Crippen molar-refractivity contribution in [2.24, 2.45) is 0 Å². The van der Waals surface area contributed by atoms with E-state index in [2.05, 4.69) is 84.5 Å². The van der Waals surface area contributed by atoms with Crippen molar-refractivity contribution in [1.82, 2.24) is 18.9 Å². The fraction of sp³-hybridized carbons (Fsp3) is 0.318. The third-order valence-electron chi connectivity index (χ3n) is 5.56. The first-order valence-corrected chi connectivity index (χ1v) is 10.5. The van der Waals surface area contributed by atoms with Gasteiger partial charge in [-0.15, -0.1) is 0 Å². The number of benzene rings is 2. The van der Waals surface area contributed by atoms with E-state index < -0.39 is 0 Å². The minimum absolute atomic E-state index is 0.988. The average molecular weight is 423 g/mol. The molecule has 1 saturated heterocycles. The molecule has 0 spiro atoms. The normalized spacial score (nSPS) is 15.3. The Bertz CT molecular complexity index is 1070. The molecule has 0 atom stereocenters. The second-order valence-corrected chi connectivity index (χ2v) is 8.26. The van der Waals surface area contributed by atoms with Crippen molar-refractivity contribution in [3.8, 4) is 11.3 Å².